The standard InChI is InChI=1S/C26H32N4O4/c1-19-5-4-6-20(13-19)15-27-26(31)23-18-34-25(28-23)17-30-11-9-29(10-12-30)16-21-14-22(32-2)7-8-24(21)33-3/h4-8,13-14,18H,9-12,15-17H2,1-3H3,(H,27,31). The molecule has 1 fully saturated rings. The highest BCUT2D eigenvalue weighted by Gasteiger charge is 2.21. The first-order valence-electron chi connectivity index (χ1n) is 11.5. The van der Waals surface area contributed by atoms with Crippen molar-refractivity contribution >= 4 is 5.91 Å². The van der Waals surface area contributed by atoms with Gasteiger partial charge in [0.2, 0.25) is 5.89 Å². The van der Waals surface area contributed by atoms with Gasteiger partial charge in [0.1, 0.15) is 17.8 Å². The first-order chi connectivity index (χ1) is 16.5. The molecule has 0 spiro atoms. The van der Waals surface area contributed by atoms with Crippen LogP contribution in [0.3, 0.4) is 0 Å². The van der Waals surface area contributed by atoms with Crippen LogP contribution in [-0.2, 0) is 19.6 Å². The van der Waals surface area contributed by atoms with E-state index in [-0.39, 0.29) is 5.91 Å². The highest BCUT2D eigenvalue weighted by Crippen LogP contribution is 2.25. The molecule has 2 aromatic carbocycles. The Morgan fingerprint density at radius 1 is 1.03 bits per heavy atom. The second-order valence-electron chi connectivity index (χ2n) is 8.53. The number of aromatic nitrogens is 1. The Hall–Kier alpha value is -3.36. The average Bonchev–Trinajstić information content (AvgIpc) is 3.32. The van der Waals surface area contributed by atoms with Crippen LogP contribution >= 0.6 is 0 Å². The highest BCUT2D eigenvalue weighted by atomic mass is 16.5. The third-order valence-corrected chi connectivity index (χ3v) is 6.03. The molecule has 1 amide bonds. The van der Waals surface area contributed by atoms with E-state index < -0.39 is 0 Å². The minimum Gasteiger partial charge on any atom is -0.497 e. The van der Waals surface area contributed by atoms with Gasteiger partial charge in [0.15, 0.2) is 5.69 Å². The maximum absolute atomic E-state index is 12.4. The first-order valence-corrected chi connectivity index (χ1v) is 11.5. The summed E-state index contributed by atoms with van der Waals surface area (Å²) in [5.74, 6) is 2.03. The van der Waals surface area contributed by atoms with Gasteiger partial charge in [-0.1, -0.05) is 29.8 Å². The van der Waals surface area contributed by atoms with Crippen molar-refractivity contribution in [2.45, 2.75) is 26.6 Å². The molecule has 3 aromatic rings. The second-order valence-corrected chi connectivity index (χ2v) is 8.53. The molecule has 180 valence electrons. The third kappa shape index (κ3) is 6.15. The minimum absolute atomic E-state index is 0.228. The molecule has 0 unspecified atom stereocenters. The number of oxazole rings is 1. The van der Waals surface area contributed by atoms with Crippen LogP contribution in [0.2, 0.25) is 0 Å². The van der Waals surface area contributed by atoms with E-state index in [4.69, 9.17) is 13.9 Å². The Labute approximate surface area is 200 Å². The number of nitrogens with one attached hydrogen (secondary N) is 1. The van der Waals surface area contributed by atoms with Crippen LogP contribution in [0.25, 0.3) is 0 Å². The van der Waals surface area contributed by atoms with Gasteiger partial charge in [-0.3, -0.25) is 14.6 Å². The molecule has 0 saturated carbocycles. The van der Waals surface area contributed by atoms with Crippen molar-refractivity contribution in [2.75, 3.05) is 40.4 Å². The lowest BCUT2D eigenvalue weighted by Crippen LogP contribution is -2.45. The van der Waals surface area contributed by atoms with Gasteiger partial charge in [0.25, 0.3) is 5.91 Å². The predicted molar refractivity (Wildman–Crippen MR) is 129 cm³/mol. The third-order valence-electron chi connectivity index (χ3n) is 6.03. The Kier molecular flexibility index (Phi) is 7.82. The summed E-state index contributed by atoms with van der Waals surface area (Å²) >= 11 is 0. The molecule has 1 aliphatic rings. The maximum atomic E-state index is 12.4. The normalized spacial score (nSPS) is 14.7. The summed E-state index contributed by atoms with van der Waals surface area (Å²) < 4.78 is 16.5. The van der Waals surface area contributed by atoms with E-state index >= 15 is 0 Å². The summed E-state index contributed by atoms with van der Waals surface area (Å²) in [5, 5.41) is 2.90. The van der Waals surface area contributed by atoms with E-state index in [1.165, 1.54) is 11.8 Å². The van der Waals surface area contributed by atoms with Crippen LogP contribution in [-0.4, -0.2) is 61.1 Å². The van der Waals surface area contributed by atoms with E-state index in [0.717, 1.165) is 55.3 Å². The van der Waals surface area contributed by atoms with Crippen molar-refractivity contribution < 1.29 is 18.7 Å². The van der Waals surface area contributed by atoms with Gasteiger partial charge < -0.3 is 19.2 Å². The van der Waals surface area contributed by atoms with E-state index in [9.17, 15) is 4.79 Å². The molecule has 8 heteroatoms. The van der Waals surface area contributed by atoms with Crippen molar-refractivity contribution in [1.82, 2.24) is 20.1 Å². The van der Waals surface area contributed by atoms with Gasteiger partial charge in [-0.25, -0.2) is 4.98 Å². The quantitative estimate of drug-likeness (QED) is 0.521. The monoisotopic (exact) mass is 464 g/mol. The number of aryl methyl sites for hydroxylation is 1. The zero-order chi connectivity index (χ0) is 23.9. The van der Waals surface area contributed by atoms with Crippen LogP contribution in [0.5, 0.6) is 11.5 Å². The second kappa shape index (κ2) is 11.2. The summed E-state index contributed by atoms with van der Waals surface area (Å²) in [6.45, 7) is 7.51. The number of carbonyl (C=O) groups is 1. The lowest BCUT2D eigenvalue weighted by atomic mass is 10.1. The van der Waals surface area contributed by atoms with Gasteiger partial charge in [0.05, 0.1) is 20.8 Å². The molecule has 1 saturated heterocycles. The fourth-order valence-corrected chi connectivity index (χ4v) is 4.13. The Bertz CT molecular complexity index is 1110. The largest absolute Gasteiger partial charge is 0.497 e. The van der Waals surface area contributed by atoms with Crippen molar-refractivity contribution in [3.63, 3.8) is 0 Å². The topological polar surface area (TPSA) is 80.1 Å². The number of ether oxygens (including phenoxy) is 2. The summed E-state index contributed by atoms with van der Waals surface area (Å²) in [7, 11) is 3.36. The van der Waals surface area contributed by atoms with Gasteiger partial charge in [-0.2, -0.15) is 0 Å². The fourth-order valence-electron chi connectivity index (χ4n) is 4.13. The zero-order valence-electron chi connectivity index (χ0n) is 20.0. The molecule has 1 aromatic heterocycles. The number of benzene rings is 2. The van der Waals surface area contributed by atoms with Gasteiger partial charge in [-0.05, 0) is 30.7 Å². The summed E-state index contributed by atoms with van der Waals surface area (Å²) in [4.78, 5) is 21.5. The molecule has 34 heavy (non-hydrogen) atoms. The van der Waals surface area contributed by atoms with Crippen molar-refractivity contribution in [2.24, 2.45) is 0 Å². The summed E-state index contributed by atoms with van der Waals surface area (Å²) in [6.07, 6.45) is 1.44. The molecule has 1 aliphatic heterocycles. The molecular formula is C26H32N4O4. The molecule has 0 aliphatic carbocycles. The number of nitrogens with zero attached hydrogens (tertiary/aromatic N) is 3. The van der Waals surface area contributed by atoms with E-state index in [0.29, 0.717) is 24.7 Å². The number of rotatable bonds is 9. The zero-order valence-corrected chi connectivity index (χ0v) is 20.0. The van der Waals surface area contributed by atoms with Crippen LogP contribution in [0.4, 0.5) is 0 Å². The SMILES string of the molecule is COc1ccc(OC)c(CN2CCN(Cc3nc(C(=O)NCc4cccc(C)c4)co3)CC2)c1. The minimum atomic E-state index is -0.228. The smallest absolute Gasteiger partial charge is 0.273 e. The van der Waals surface area contributed by atoms with E-state index in [2.05, 4.69) is 26.2 Å². The van der Waals surface area contributed by atoms with Crippen molar-refractivity contribution in [3.8, 4) is 11.5 Å². The molecule has 8 nitrogen and oxygen atoms in total. The Balaban J connectivity index is 1.25. The predicted octanol–water partition coefficient (Wildman–Crippen LogP) is 3.25. The molecule has 0 atom stereocenters. The van der Waals surface area contributed by atoms with Crippen LogP contribution < -0.4 is 14.8 Å². The van der Waals surface area contributed by atoms with Crippen molar-refractivity contribution in [3.05, 3.63) is 77.0 Å². The number of hydrogen-bond acceptors (Lipinski definition) is 7. The number of methoxy groups -OCH3 is 2. The highest BCUT2D eigenvalue weighted by molar-refractivity contribution is 5.91. The summed E-state index contributed by atoms with van der Waals surface area (Å²) in [5.41, 5.74) is 3.65. The van der Waals surface area contributed by atoms with Crippen molar-refractivity contribution in [1.29, 1.82) is 0 Å². The summed E-state index contributed by atoms with van der Waals surface area (Å²) in [6, 6.07) is 14.0. The average molecular weight is 465 g/mol. The van der Waals surface area contributed by atoms with E-state index in [1.807, 2.05) is 43.3 Å². The number of piperazine rings is 1. The van der Waals surface area contributed by atoms with Gasteiger partial charge >= 0.3 is 0 Å². The fraction of sp³-hybridized carbons (Fsp3) is 0.385. The number of amides is 1. The molecule has 0 radical (unpaired) electrons. The number of carbonyl (C=O) groups excluding carboxylic acids is 1. The lowest BCUT2D eigenvalue weighted by molar-refractivity contribution is 0.0945. The van der Waals surface area contributed by atoms with E-state index in [1.54, 1.807) is 14.2 Å². The lowest BCUT2D eigenvalue weighted by Gasteiger charge is -2.34. The Morgan fingerprint density at radius 3 is 2.50 bits per heavy atom. The molecule has 1 N–H and O–H groups in total. The Morgan fingerprint density at radius 2 is 1.79 bits per heavy atom. The van der Waals surface area contributed by atoms with Gasteiger partial charge in [-0.15, -0.1) is 0 Å². The molecular weight excluding hydrogens is 432 g/mol. The molecule has 4 rings (SSSR count). The number of hydrogen-bond donors (Lipinski definition) is 1. The molecule has 0 bridgehead atoms. The molecule has 2 heterocycles. The van der Waals surface area contributed by atoms with Crippen LogP contribution in [0.15, 0.2) is 53.1 Å². The van der Waals surface area contributed by atoms with Crippen LogP contribution in [0, 0.1) is 6.92 Å². The first kappa shape index (κ1) is 23.8. The van der Waals surface area contributed by atoms with Crippen LogP contribution in [0.1, 0.15) is 33.1 Å². The maximum Gasteiger partial charge on any atom is 0.273 e. The van der Waals surface area contributed by atoms with Gasteiger partial charge in [0, 0.05) is 44.8 Å².